The maximum atomic E-state index is 11.3. The fraction of sp³-hybridized carbons (Fsp3) is 0.600. The van der Waals surface area contributed by atoms with E-state index in [-0.39, 0.29) is 23.8 Å². The fourth-order valence-corrected chi connectivity index (χ4v) is 1.49. The smallest absolute Gasteiger partial charge is 0.312 e. The molecule has 2 unspecified atom stereocenters. The Labute approximate surface area is 83.3 Å². The van der Waals surface area contributed by atoms with Crippen LogP contribution in [0.5, 0.6) is 0 Å². The molecule has 4 nitrogen and oxygen atoms in total. The van der Waals surface area contributed by atoms with Gasteiger partial charge in [0.05, 0.1) is 12.5 Å². The van der Waals surface area contributed by atoms with Crippen molar-refractivity contribution in [3.63, 3.8) is 0 Å². The Bertz CT molecular complexity index is 260. The second kappa shape index (κ2) is 4.79. The van der Waals surface area contributed by atoms with E-state index >= 15 is 0 Å². The summed E-state index contributed by atoms with van der Waals surface area (Å²) >= 11 is 0. The van der Waals surface area contributed by atoms with Crippen LogP contribution in [-0.4, -0.2) is 24.5 Å². The van der Waals surface area contributed by atoms with Crippen molar-refractivity contribution >= 4 is 11.9 Å². The molecule has 78 valence electrons. The molecular weight excluding hydrogens is 182 g/mol. The summed E-state index contributed by atoms with van der Waals surface area (Å²) < 4.78 is 4.88. The summed E-state index contributed by atoms with van der Waals surface area (Å²) in [6.07, 6.45) is 4.24. The minimum Gasteiger partial charge on any atom is -0.466 e. The fourth-order valence-electron chi connectivity index (χ4n) is 1.49. The van der Waals surface area contributed by atoms with Crippen molar-refractivity contribution in [1.82, 2.24) is 5.32 Å². The van der Waals surface area contributed by atoms with Crippen LogP contribution in [0.15, 0.2) is 12.2 Å². The van der Waals surface area contributed by atoms with E-state index in [1.165, 1.54) is 6.92 Å². The van der Waals surface area contributed by atoms with Gasteiger partial charge in [0, 0.05) is 13.0 Å². The molecule has 0 aromatic carbocycles. The summed E-state index contributed by atoms with van der Waals surface area (Å²) in [6.45, 7) is 3.64. The lowest BCUT2D eigenvalue weighted by Crippen LogP contribution is -2.31. The van der Waals surface area contributed by atoms with E-state index in [9.17, 15) is 9.59 Å². The van der Waals surface area contributed by atoms with Crippen molar-refractivity contribution in [3.05, 3.63) is 12.2 Å². The van der Waals surface area contributed by atoms with Gasteiger partial charge in [-0.25, -0.2) is 0 Å². The highest BCUT2D eigenvalue weighted by molar-refractivity contribution is 5.76. The standard InChI is InChI=1S/C10H15NO3/c1-3-14-10(13)8-4-5-9(6-8)11-7(2)12/h4-5,8-9H,3,6H2,1-2H3,(H,11,12). The highest BCUT2D eigenvalue weighted by Gasteiger charge is 2.25. The topological polar surface area (TPSA) is 55.4 Å². The number of rotatable bonds is 3. The molecule has 1 amide bonds. The second-order valence-electron chi connectivity index (χ2n) is 3.29. The van der Waals surface area contributed by atoms with Gasteiger partial charge in [0.25, 0.3) is 0 Å². The lowest BCUT2D eigenvalue weighted by molar-refractivity contribution is -0.146. The Morgan fingerprint density at radius 3 is 2.79 bits per heavy atom. The Kier molecular flexibility index (Phi) is 3.68. The van der Waals surface area contributed by atoms with Crippen LogP contribution < -0.4 is 5.32 Å². The van der Waals surface area contributed by atoms with Gasteiger partial charge in [0.2, 0.25) is 5.91 Å². The molecular formula is C10H15NO3. The largest absolute Gasteiger partial charge is 0.466 e. The van der Waals surface area contributed by atoms with Gasteiger partial charge in [-0.1, -0.05) is 12.2 Å². The molecule has 0 heterocycles. The van der Waals surface area contributed by atoms with Crippen molar-refractivity contribution in [2.45, 2.75) is 26.3 Å². The van der Waals surface area contributed by atoms with Gasteiger partial charge in [0.1, 0.15) is 0 Å². The molecule has 2 atom stereocenters. The number of carbonyl (C=O) groups is 2. The zero-order valence-corrected chi connectivity index (χ0v) is 8.45. The van der Waals surface area contributed by atoms with Gasteiger partial charge in [-0.05, 0) is 13.3 Å². The number of nitrogens with one attached hydrogen (secondary N) is 1. The predicted molar refractivity (Wildman–Crippen MR) is 51.5 cm³/mol. The van der Waals surface area contributed by atoms with Gasteiger partial charge in [-0.15, -0.1) is 0 Å². The Morgan fingerprint density at radius 1 is 1.50 bits per heavy atom. The van der Waals surface area contributed by atoms with E-state index in [0.29, 0.717) is 13.0 Å². The maximum absolute atomic E-state index is 11.3. The van der Waals surface area contributed by atoms with Crippen LogP contribution in [-0.2, 0) is 14.3 Å². The molecule has 1 N–H and O–H groups in total. The molecule has 0 bridgehead atoms. The summed E-state index contributed by atoms with van der Waals surface area (Å²) in [5.41, 5.74) is 0. The normalized spacial score (nSPS) is 24.7. The average molecular weight is 197 g/mol. The summed E-state index contributed by atoms with van der Waals surface area (Å²) in [7, 11) is 0. The van der Waals surface area contributed by atoms with E-state index < -0.39 is 0 Å². The second-order valence-corrected chi connectivity index (χ2v) is 3.29. The zero-order chi connectivity index (χ0) is 10.6. The van der Waals surface area contributed by atoms with Crippen LogP contribution in [0, 0.1) is 5.92 Å². The lowest BCUT2D eigenvalue weighted by Gasteiger charge is -2.11. The highest BCUT2D eigenvalue weighted by Crippen LogP contribution is 2.19. The molecule has 0 aromatic rings. The van der Waals surface area contributed by atoms with Crippen LogP contribution in [0.2, 0.25) is 0 Å². The first-order valence-corrected chi connectivity index (χ1v) is 4.75. The van der Waals surface area contributed by atoms with E-state index in [2.05, 4.69) is 5.32 Å². The van der Waals surface area contributed by atoms with Crippen LogP contribution in [0.25, 0.3) is 0 Å². The first-order valence-electron chi connectivity index (χ1n) is 4.75. The first-order chi connectivity index (χ1) is 6.63. The monoisotopic (exact) mass is 197 g/mol. The van der Waals surface area contributed by atoms with Gasteiger partial charge in [0.15, 0.2) is 0 Å². The van der Waals surface area contributed by atoms with Crippen molar-refractivity contribution in [2.24, 2.45) is 5.92 Å². The first kappa shape index (κ1) is 10.8. The van der Waals surface area contributed by atoms with Crippen molar-refractivity contribution in [2.75, 3.05) is 6.61 Å². The molecule has 1 aliphatic carbocycles. The number of hydrogen-bond donors (Lipinski definition) is 1. The number of carbonyl (C=O) groups excluding carboxylic acids is 2. The highest BCUT2D eigenvalue weighted by atomic mass is 16.5. The SMILES string of the molecule is CCOC(=O)C1C=CC(NC(C)=O)C1. The number of amides is 1. The van der Waals surface area contributed by atoms with E-state index in [0.717, 1.165) is 0 Å². The van der Waals surface area contributed by atoms with Crippen LogP contribution in [0.4, 0.5) is 0 Å². The third-order valence-corrected chi connectivity index (χ3v) is 2.06. The van der Waals surface area contributed by atoms with Gasteiger partial charge in [-0.2, -0.15) is 0 Å². The number of esters is 1. The third-order valence-electron chi connectivity index (χ3n) is 2.06. The minimum atomic E-state index is -0.211. The Morgan fingerprint density at radius 2 is 2.21 bits per heavy atom. The van der Waals surface area contributed by atoms with Crippen molar-refractivity contribution in [3.8, 4) is 0 Å². The molecule has 14 heavy (non-hydrogen) atoms. The zero-order valence-electron chi connectivity index (χ0n) is 8.45. The number of hydrogen-bond acceptors (Lipinski definition) is 3. The van der Waals surface area contributed by atoms with Crippen LogP contribution in [0.3, 0.4) is 0 Å². The summed E-state index contributed by atoms with van der Waals surface area (Å²) in [5, 5.41) is 2.74. The van der Waals surface area contributed by atoms with Gasteiger partial charge >= 0.3 is 5.97 Å². The average Bonchev–Trinajstić information content (AvgIpc) is 2.52. The third kappa shape index (κ3) is 2.87. The summed E-state index contributed by atoms with van der Waals surface area (Å²) in [4.78, 5) is 22.0. The van der Waals surface area contributed by atoms with Crippen molar-refractivity contribution in [1.29, 1.82) is 0 Å². The molecule has 1 aliphatic rings. The van der Waals surface area contributed by atoms with E-state index in [1.807, 2.05) is 6.08 Å². The molecule has 0 saturated carbocycles. The van der Waals surface area contributed by atoms with Gasteiger partial charge < -0.3 is 10.1 Å². The maximum Gasteiger partial charge on any atom is 0.312 e. The van der Waals surface area contributed by atoms with Crippen LogP contribution >= 0.6 is 0 Å². The molecule has 0 spiro atoms. The number of ether oxygens (including phenoxy) is 1. The summed E-state index contributed by atoms with van der Waals surface area (Å²) in [6, 6.07) is -0.0260. The minimum absolute atomic E-state index is 0.0260. The quantitative estimate of drug-likeness (QED) is 0.533. The molecule has 4 heteroatoms. The molecule has 0 saturated heterocycles. The van der Waals surface area contributed by atoms with Crippen molar-refractivity contribution < 1.29 is 14.3 Å². The Balaban J connectivity index is 2.38. The summed E-state index contributed by atoms with van der Waals surface area (Å²) in [5.74, 6) is -0.493. The Hall–Kier alpha value is -1.32. The van der Waals surface area contributed by atoms with E-state index in [4.69, 9.17) is 4.74 Å². The van der Waals surface area contributed by atoms with Crippen LogP contribution in [0.1, 0.15) is 20.3 Å². The molecule has 0 aliphatic heterocycles. The molecule has 0 aromatic heterocycles. The van der Waals surface area contributed by atoms with E-state index in [1.54, 1.807) is 13.0 Å². The molecule has 0 fully saturated rings. The lowest BCUT2D eigenvalue weighted by atomic mass is 10.1. The van der Waals surface area contributed by atoms with Gasteiger partial charge in [-0.3, -0.25) is 9.59 Å². The molecule has 0 radical (unpaired) electrons. The molecule has 1 rings (SSSR count). The predicted octanol–water partition coefficient (Wildman–Crippen LogP) is 0.630.